The highest BCUT2D eigenvalue weighted by Crippen LogP contribution is 2.14. The van der Waals surface area contributed by atoms with Gasteiger partial charge in [-0.1, -0.05) is 0 Å². The van der Waals surface area contributed by atoms with E-state index in [1.807, 2.05) is 13.8 Å². The molecule has 1 rings (SSSR count). The van der Waals surface area contributed by atoms with Crippen LogP contribution in [0.1, 0.15) is 34.6 Å². The van der Waals surface area contributed by atoms with Crippen LogP contribution in [-0.2, 0) is 4.74 Å². The number of carbonyl (C=O) groups excluding carboxylic acids is 1. The highest BCUT2D eigenvalue weighted by molar-refractivity contribution is 5.70. The lowest BCUT2D eigenvalue weighted by Crippen LogP contribution is -2.42. The summed E-state index contributed by atoms with van der Waals surface area (Å²) in [6, 6.07) is 0.220. The molecule has 0 saturated carbocycles. The molecule has 1 amide bonds. The van der Waals surface area contributed by atoms with Gasteiger partial charge in [-0.25, -0.2) is 4.79 Å². The van der Waals surface area contributed by atoms with Crippen molar-refractivity contribution in [3.05, 3.63) is 0 Å². The Labute approximate surface area is 92.0 Å². The Kier molecular flexibility index (Phi) is 3.60. The lowest BCUT2D eigenvalue weighted by Gasteiger charge is -2.22. The molecule has 1 N–H and O–H groups in total. The summed E-state index contributed by atoms with van der Waals surface area (Å²) >= 11 is 0. The zero-order valence-electron chi connectivity index (χ0n) is 10.3. The second kappa shape index (κ2) is 4.39. The Morgan fingerprint density at radius 1 is 1.53 bits per heavy atom. The van der Waals surface area contributed by atoms with E-state index < -0.39 is 0 Å². The summed E-state index contributed by atoms with van der Waals surface area (Å²) < 4.78 is 5.26. The van der Waals surface area contributed by atoms with Gasteiger partial charge in [-0.05, 0) is 34.6 Å². The predicted octanol–water partition coefficient (Wildman–Crippen LogP) is 1.60. The number of nitrogens with one attached hydrogen (secondary N) is 1. The van der Waals surface area contributed by atoms with E-state index in [1.165, 1.54) is 0 Å². The van der Waals surface area contributed by atoms with E-state index in [0.29, 0.717) is 6.54 Å². The van der Waals surface area contributed by atoms with E-state index in [0.717, 1.165) is 6.54 Å². The second-order valence-corrected chi connectivity index (χ2v) is 5.38. The lowest BCUT2D eigenvalue weighted by molar-refractivity contribution is 0.126. The quantitative estimate of drug-likeness (QED) is 0.776. The Balaban J connectivity index is 2.39. The van der Waals surface area contributed by atoms with E-state index in [1.54, 1.807) is 4.90 Å². The maximum absolute atomic E-state index is 11.4. The van der Waals surface area contributed by atoms with E-state index in [-0.39, 0.29) is 23.8 Å². The summed E-state index contributed by atoms with van der Waals surface area (Å²) in [5, 5.41) is 3.34. The topological polar surface area (TPSA) is 41.6 Å². The number of hydrogen-bond donors (Lipinski definition) is 1. The monoisotopic (exact) mass is 214 g/mol. The third-order valence-corrected chi connectivity index (χ3v) is 2.39. The van der Waals surface area contributed by atoms with Crippen molar-refractivity contribution in [3.8, 4) is 0 Å². The highest BCUT2D eigenvalue weighted by Gasteiger charge is 2.32. The summed E-state index contributed by atoms with van der Waals surface area (Å²) in [5.74, 6) is 0. The van der Waals surface area contributed by atoms with Crippen molar-refractivity contribution in [2.75, 3.05) is 13.1 Å². The van der Waals surface area contributed by atoms with Gasteiger partial charge in [0.1, 0.15) is 6.10 Å². The summed E-state index contributed by atoms with van der Waals surface area (Å²) in [4.78, 5) is 13.2. The second-order valence-electron chi connectivity index (χ2n) is 5.38. The number of nitrogens with zero attached hydrogens (tertiary/aromatic N) is 1. The molecule has 1 heterocycles. The Bertz CT molecular complexity index is 233. The maximum Gasteiger partial charge on any atom is 0.410 e. The van der Waals surface area contributed by atoms with Gasteiger partial charge in [0.05, 0.1) is 6.54 Å². The first-order chi connectivity index (χ1) is 6.79. The van der Waals surface area contributed by atoms with E-state index in [4.69, 9.17) is 4.74 Å². The van der Waals surface area contributed by atoms with Crippen LogP contribution in [0.2, 0.25) is 0 Å². The van der Waals surface area contributed by atoms with Gasteiger partial charge in [-0.15, -0.1) is 0 Å². The molecule has 4 heteroatoms. The molecule has 1 unspecified atom stereocenters. The van der Waals surface area contributed by atoms with E-state index >= 15 is 0 Å². The van der Waals surface area contributed by atoms with Gasteiger partial charge in [-0.3, -0.25) is 0 Å². The van der Waals surface area contributed by atoms with Crippen LogP contribution >= 0.6 is 0 Å². The van der Waals surface area contributed by atoms with Gasteiger partial charge in [0.2, 0.25) is 0 Å². The van der Waals surface area contributed by atoms with E-state index in [9.17, 15) is 4.79 Å². The highest BCUT2D eigenvalue weighted by atomic mass is 16.6. The minimum atomic E-state index is -0.189. The number of amides is 1. The molecule has 0 aromatic carbocycles. The molecule has 1 atom stereocenters. The van der Waals surface area contributed by atoms with Crippen LogP contribution in [0.15, 0.2) is 0 Å². The molecule has 1 fully saturated rings. The summed E-state index contributed by atoms with van der Waals surface area (Å²) in [7, 11) is 0. The number of hydrogen-bond acceptors (Lipinski definition) is 3. The van der Waals surface area contributed by atoms with E-state index in [2.05, 4.69) is 26.1 Å². The number of ether oxygens (including phenoxy) is 1. The smallest absolute Gasteiger partial charge is 0.410 e. The molecular weight excluding hydrogens is 192 g/mol. The van der Waals surface area contributed by atoms with Gasteiger partial charge in [0.25, 0.3) is 0 Å². The standard InChI is InChI=1S/C11H22N2O2/c1-8(2)13-7-9(15-10(13)14)6-12-11(3,4)5/h8-9,12H,6-7H2,1-5H3. The first-order valence-electron chi connectivity index (χ1n) is 5.52. The van der Waals surface area contributed by atoms with Gasteiger partial charge < -0.3 is 15.0 Å². The third kappa shape index (κ3) is 3.70. The number of carbonyl (C=O) groups is 1. The Hall–Kier alpha value is -0.770. The fourth-order valence-electron chi connectivity index (χ4n) is 1.49. The first kappa shape index (κ1) is 12.3. The normalized spacial score (nSPS) is 22.4. The minimum Gasteiger partial charge on any atom is -0.443 e. The average Bonchev–Trinajstić information content (AvgIpc) is 2.42. The van der Waals surface area contributed by atoms with Gasteiger partial charge in [-0.2, -0.15) is 0 Å². The van der Waals surface area contributed by atoms with Crippen LogP contribution in [0.25, 0.3) is 0 Å². The van der Waals surface area contributed by atoms with Crippen molar-refractivity contribution >= 4 is 6.09 Å². The van der Waals surface area contributed by atoms with Crippen LogP contribution in [0.5, 0.6) is 0 Å². The molecule has 0 aromatic heterocycles. The third-order valence-electron chi connectivity index (χ3n) is 2.39. The van der Waals surface area contributed by atoms with Crippen molar-refractivity contribution in [2.45, 2.75) is 52.3 Å². The zero-order valence-corrected chi connectivity index (χ0v) is 10.3. The molecule has 1 aliphatic rings. The fraction of sp³-hybridized carbons (Fsp3) is 0.909. The Morgan fingerprint density at radius 3 is 2.53 bits per heavy atom. The summed E-state index contributed by atoms with van der Waals surface area (Å²) in [6.07, 6.45) is -0.204. The molecule has 1 aliphatic heterocycles. The SMILES string of the molecule is CC(C)N1CC(CNC(C)(C)C)OC1=O. The van der Waals surface area contributed by atoms with Gasteiger partial charge >= 0.3 is 6.09 Å². The van der Waals surface area contributed by atoms with Crippen molar-refractivity contribution in [3.63, 3.8) is 0 Å². The van der Waals surface area contributed by atoms with Crippen LogP contribution in [-0.4, -0.2) is 41.8 Å². The van der Waals surface area contributed by atoms with Crippen LogP contribution in [0.4, 0.5) is 4.79 Å². The molecule has 15 heavy (non-hydrogen) atoms. The van der Waals surface area contributed by atoms with Gasteiger partial charge in [0, 0.05) is 18.1 Å². The molecule has 0 bridgehead atoms. The molecule has 4 nitrogen and oxygen atoms in total. The zero-order chi connectivity index (χ0) is 11.6. The van der Waals surface area contributed by atoms with Crippen LogP contribution in [0.3, 0.4) is 0 Å². The van der Waals surface area contributed by atoms with Crippen LogP contribution < -0.4 is 5.32 Å². The lowest BCUT2D eigenvalue weighted by atomic mass is 10.1. The van der Waals surface area contributed by atoms with Gasteiger partial charge in [0.15, 0.2) is 0 Å². The minimum absolute atomic E-state index is 0.0147. The van der Waals surface area contributed by atoms with Crippen LogP contribution in [0, 0.1) is 0 Å². The predicted molar refractivity (Wildman–Crippen MR) is 59.9 cm³/mol. The van der Waals surface area contributed by atoms with Crippen molar-refractivity contribution < 1.29 is 9.53 Å². The number of rotatable bonds is 3. The maximum atomic E-state index is 11.4. The fourth-order valence-corrected chi connectivity index (χ4v) is 1.49. The van der Waals surface area contributed by atoms with Crippen molar-refractivity contribution in [1.82, 2.24) is 10.2 Å². The molecule has 0 radical (unpaired) electrons. The number of cyclic esters (lactones) is 1. The largest absolute Gasteiger partial charge is 0.443 e. The molecule has 88 valence electrons. The molecule has 0 aliphatic carbocycles. The summed E-state index contributed by atoms with van der Waals surface area (Å²) in [5.41, 5.74) is 0.0671. The molecule has 0 aromatic rings. The summed E-state index contributed by atoms with van der Waals surface area (Å²) in [6.45, 7) is 11.7. The van der Waals surface area contributed by atoms with Crippen molar-refractivity contribution in [1.29, 1.82) is 0 Å². The first-order valence-corrected chi connectivity index (χ1v) is 5.52. The van der Waals surface area contributed by atoms with Crippen molar-refractivity contribution in [2.24, 2.45) is 0 Å². The average molecular weight is 214 g/mol. The molecule has 1 saturated heterocycles. The molecule has 0 spiro atoms. The molecular formula is C11H22N2O2. The Morgan fingerprint density at radius 2 is 2.13 bits per heavy atom.